The normalized spacial score (nSPS) is 16.7. The van der Waals surface area contributed by atoms with Gasteiger partial charge in [0.2, 0.25) is 0 Å². The Balaban J connectivity index is 1.23. The number of aromatic nitrogens is 1. The van der Waals surface area contributed by atoms with E-state index in [0.29, 0.717) is 6.54 Å². The minimum Gasteiger partial charge on any atom is -0.300 e. The van der Waals surface area contributed by atoms with Gasteiger partial charge in [-0.15, -0.1) is 0 Å². The van der Waals surface area contributed by atoms with Crippen molar-refractivity contribution in [2.45, 2.75) is 31.0 Å². The lowest BCUT2D eigenvalue weighted by Gasteiger charge is -2.35. The predicted molar refractivity (Wildman–Crippen MR) is 229 cm³/mol. The highest BCUT2D eigenvalue weighted by atomic mass is 15.1. The van der Waals surface area contributed by atoms with Crippen LogP contribution in [-0.4, -0.2) is 10.9 Å². The summed E-state index contributed by atoms with van der Waals surface area (Å²) in [4.78, 5) is 5.35. The fourth-order valence-electron chi connectivity index (χ4n) is 8.96. The number of benzene rings is 7. The summed E-state index contributed by atoms with van der Waals surface area (Å²) in [5.74, 6) is 0. The third kappa shape index (κ3) is 5.67. The molecule has 10 rings (SSSR count). The zero-order chi connectivity index (χ0) is 36.6. The van der Waals surface area contributed by atoms with Gasteiger partial charge in [-0.2, -0.15) is 0 Å². The summed E-state index contributed by atoms with van der Waals surface area (Å²) < 4.78 is 2.32. The van der Waals surface area contributed by atoms with Crippen molar-refractivity contribution in [2.24, 2.45) is 4.99 Å². The van der Waals surface area contributed by atoms with E-state index in [4.69, 9.17) is 4.99 Å². The molecule has 7 aromatic carbocycles. The van der Waals surface area contributed by atoms with Gasteiger partial charge in [0.1, 0.15) is 6.17 Å². The van der Waals surface area contributed by atoms with Gasteiger partial charge in [-0.05, 0) is 92.8 Å². The summed E-state index contributed by atoms with van der Waals surface area (Å²) >= 11 is 0. The topological polar surface area (TPSA) is 29.3 Å². The Morgan fingerprint density at radius 1 is 0.600 bits per heavy atom. The van der Waals surface area contributed by atoms with Gasteiger partial charge in [-0.1, -0.05) is 170 Å². The third-order valence-electron chi connectivity index (χ3n) is 11.5. The lowest BCUT2D eigenvalue weighted by Crippen LogP contribution is -2.29. The van der Waals surface area contributed by atoms with Crippen LogP contribution in [0.3, 0.4) is 0 Å². The van der Waals surface area contributed by atoms with Crippen molar-refractivity contribution in [3.63, 3.8) is 0 Å². The van der Waals surface area contributed by atoms with Gasteiger partial charge in [0, 0.05) is 17.3 Å². The van der Waals surface area contributed by atoms with Crippen molar-refractivity contribution in [3.05, 3.63) is 228 Å². The second-order valence-corrected chi connectivity index (χ2v) is 14.6. The van der Waals surface area contributed by atoms with E-state index >= 15 is 0 Å². The molecule has 2 aliphatic carbocycles. The van der Waals surface area contributed by atoms with Gasteiger partial charge in [0.15, 0.2) is 0 Å². The predicted octanol–water partition coefficient (Wildman–Crippen LogP) is 12.4. The van der Waals surface area contributed by atoms with Crippen molar-refractivity contribution in [3.8, 4) is 22.3 Å². The molecule has 0 fully saturated rings. The molecule has 2 aliphatic rings. The van der Waals surface area contributed by atoms with Crippen LogP contribution in [0.2, 0.25) is 0 Å². The summed E-state index contributed by atoms with van der Waals surface area (Å²) in [6.45, 7) is 0.708. The van der Waals surface area contributed by atoms with Crippen LogP contribution in [0.5, 0.6) is 0 Å². The molecule has 1 heterocycles. The molecule has 0 radical (unpaired) electrons. The third-order valence-corrected chi connectivity index (χ3v) is 11.5. The van der Waals surface area contributed by atoms with E-state index in [2.05, 4.69) is 210 Å². The first-order valence-electron chi connectivity index (χ1n) is 19.3. The fraction of sp³-hybridized carbons (Fsp3) is 0.0962. The van der Waals surface area contributed by atoms with Gasteiger partial charge in [-0.25, -0.2) is 0 Å². The number of aliphatic imine (C=N–C) groups is 1. The van der Waals surface area contributed by atoms with Gasteiger partial charge in [0.25, 0.3) is 0 Å². The van der Waals surface area contributed by atoms with E-state index in [-0.39, 0.29) is 6.17 Å². The molecule has 2 atom stereocenters. The Morgan fingerprint density at radius 2 is 1.29 bits per heavy atom. The van der Waals surface area contributed by atoms with Crippen LogP contribution in [0.25, 0.3) is 44.1 Å². The van der Waals surface area contributed by atoms with E-state index in [1.807, 2.05) is 0 Å². The maximum Gasteiger partial charge on any atom is 0.127 e. The molecule has 8 aromatic rings. The quantitative estimate of drug-likeness (QED) is 0.117. The Morgan fingerprint density at radius 3 is 2.05 bits per heavy atom. The monoisotopic (exact) mass is 707 g/mol. The summed E-state index contributed by atoms with van der Waals surface area (Å²) in [7, 11) is 0. The minimum absolute atomic E-state index is 0.239. The summed E-state index contributed by atoms with van der Waals surface area (Å²) in [5.41, 5.74) is 14.5. The largest absolute Gasteiger partial charge is 0.300 e. The molecule has 0 aliphatic heterocycles. The van der Waals surface area contributed by atoms with Crippen LogP contribution in [0.4, 0.5) is 0 Å². The number of nitrogens with one attached hydrogen (secondary N) is 1. The smallest absolute Gasteiger partial charge is 0.127 e. The van der Waals surface area contributed by atoms with E-state index < -0.39 is 5.41 Å². The van der Waals surface area contributed by atoms with Crippen molar-refractivity contribution in [1.29, 1.82) is 0 Å². The van der Waals surface area contributed by atoms with Crippen LogP contribution in [-0.2, 0) is 12.0 Å². The van der Waals surface area contributed by atoms with Crippen LogP contribution >= 0.6 is 0 Å². The molecule has 0 bridgehead atoms. The zero-order valence-corrected chi connectivity index (χ0v) is 30.6. The second-order valence-electron chi connectivity index (χ2n) is 14.6. The van der Waals surface area contributed by atoms with E-state index in [9.17, 15) is 0 Å². The van der Waals surface area contributed by atoms with Crippen LogP contribution < -0.4 is 5.32 Å². The highest BCUT2D eigenvalue weighted by Crippen LogP contribution is 2.58. The van der Waals surface area contributed by atoms with E-state index in [1.165, 1.54) is 60.9 Å². The van der Waals surface area contributed by atoms with Crippen molar-refractivity contribution >= 4 is 28.1 Å². The number of rotatable bonds is 9. The van der Waals surface area contributed by atoms with Gasteiger partial charge in [0.05, 0.1) is 22.8 Å². The van der Waals surface area contributed by atoms with Gasteiger partial charge in [-0.3, -0.25) is 10.3 Å². The number of hydrogen-bond donors (Lipinski definition) is 1. The molecule has 55 heavy (non-hydrogen) atoms. The molecule has 1 N–H and O–H groups in total. The Kier molecular flexibility index (Phi) is 8.43. The molecular weight excluding hydrogens is 667 g/mol. The molecule has 3 heteroatoms. The average Bonchev–Trinajstić information content (AvgIpc) is 3.73. The van der Waals surface area contributed by atoms with Crippen molar-refractivity contribution < 1.29 is 0 Å². The molecule has 2 unspecified atom stereocenters. The Bertz CT molecular complexity index is 2740. The summed E-state index contributed by atoms with van der Waals surface area (Å²) in [6.07, 6.45) is 11.1. The summed E-state index contributed by atoms with van der Waals surface area (Å²) in [6, 6.07) is 63.8. The van der Waals surface area contributed by atoms with Crippen LogP contribution in [0.15, 0.2) is 205 Å². The summed E-state index contributed by atoms with van der Waals surface area (Å²) in [5, 5.41) is 6.18. The van der Waals surface area contributed by atoms with E-state index in [0.717, 1.165) is 29.4 Å². The fourth-order valence-corrected chi connectivity index (χ4v) is 8.96. The van der Waals surface area contributed by atoms with Crippen molar-refractivity contribution in [1.82, 2.24) is 9.88 Å². The number of allylic oxidation sites excluding steroid dienone is 4. The molecule has 264 valence electrons. The molecule has 0 saturated heterocycles. The standard InChI is InChI=1S/C52H41N3/c1-6-18-37(19-7-1)35-53-51(39-22-10-3-11-23-39)54-36-55-49-31-30-40(38-20-8-2-9-21-38)32-45(49)46-33-44-43-28-16-17-29-47(43)52(48(44)34-50(46)55,41-24-12-4-13-25-41)42-26-14-5-15-27-42/h1-4,6-14,16-34,36,51,53H,5,15,35H2. The van der Waals surface area contributed by atoms with E-state index in [1.54, 1.807) is 0 Å². The average molecular weight is 708 g/mol. The Labute approximate surface area is 322 Å². The number of fused-ring (bicyclic) bond motifs is 6. The maximum absolute atomic E-state index is 5.35. The molecular formula is C52H41N3. The van der Waals surface area contributed by atoms with Gasteiger partial charge >= 0.3 is 0 Å². The number of nitrogens with zero attached hydrogens (tertiary/aromatic N) is 2. The Hall–Kier alpha value is -6.55. The second kappa shape index (κ2) is 14.0. The zero-order valence-electron chi connectivity index (χ0n) is 30.6. The first kappa shape index (κ1) is 33.1. The molecule has 0 spiro atoms. The number of hydrogen-bond acceptors (Lipinski definition) is 2. The first-order valence-corrected chi connectivity index (χ1v) is 19.3. The first-order chi connectivity index (χ1) is 27.3. The molecule has 1 aromatic heterocycles. The van der Waals surface area contributed by atoms with Gasteiger partial charge < -0.3 is 4.57 Å². The molecule has 0 saturated carbocycles. The van der Waals surface area contributed by atoms with Crippen LogP contribution in [0.1, 0.15) is 46.8 Å². The highest BCUT2D eigenvalue weighted by Gasteiger charge is 2.47. The minimum atomic E-state index is -0.449. The van der Waals surface area contributed by atoms with Crippen LogP contribution in [0, 0.1) is 0 Å². The molecule has 0 amide bonds. The molecule has 3 nitrogen and oxygen atoms in total. The SMILES string of the molecule is C1=CC(C2(c3ccccc3)c3ccccc3-c3cc4c5cc(-c6ccccc6)ccc5n(C=NC(NCc5ccccc5)c5ccccc5)c4cc32)=CCC1. The maximum atomic E-state index is 5.35. The van der Waals surface area contributed by atoms with Crippen molar-refractivity contribution in [2.75, 3.05) is 0 Å². The lowest BCUT2D eigenvalue weighted by molar-refractivity contribution is 0.555. The highest BCUT2D eigenvalue weighted by molar-refractivity contribution is 6.14. The lowest BCUT2D eigenvalue weighted by atomic mass is 9.66.